The van der Waals surface area contributed by atoms with Gasteiger partial charge in [0.15, 0.2) is 5.96 Å². The van der Waals surface area contributed by atoms with Crippen LogP contribution in [0.1, 0.15) is 24.8 Å². The zero-order valence-corrected chi connectivity index (χ0v) is 18.7. The molecular formula is C24H32N4OS. The van der Waals surface area contributed by atoms with Crippen molar-refractivity contribution in [1.29, 1.82) is 0 Å². The Morgan fingerprint density at radius 2 is 2.00 bits per heavy atom. The molecule has 1 saturated heterocycles. The van der Waals surface area contributed by atoms with Crippen LogP contribution in [-0.4, -0.2) is 55.3 Å². The van der Waals surface area contributed by atoms with Gasteiger partial charge in [0.2, 0.25) is 0 Å². The molecule has 0 radical (unpaired) electrons. The lowest BCUT2D eigenvalue weighted by Crippen LogP contribution is -2.41. The predicted octanol–water partition coefficient (Wildman–Crippen LogP) is 3.88. The molecule has 1 aliphatic heterocycles. The molecule has 6 heteroatoms. The maximum absolute atomic E-state index is 11.2. The molecule has 0 aromatic heterocycles. The van der Waals surface area contributed by atoms with Crippen molar-refractivity contribution in [2.45, 2.75) is 41.6 Å². The van der Waals surface area contributed by atoms with Crippen LogP contribution in [0.2, 0.25) is 0 Å². The summed E-state index contributed by atoms with van der Waals surface area (Å²) in [5.74, 6) is 0.842. The molecule has 0 bridgehead atoms. The van der Waals surface area contributed by atoms with Crippen LogP contribution in [0.3, 0.4) is 0 Å². The minimum Gasteiger partial charge on any atom is -0.370 e. The Morgan fingerprint density at radius 1 is 1.23 bits per heavy atom. The number of nitrogens with zero attached hydrogens (tertiary/aromatic N) is 3. The Kier molecular flexibility index (Phi) is 8.34. The third kappa shape index (κ3) is 6.61. The number of piperidine rings is 1. The molecule has 30 heavy (non-hydrogen) atoms. The van der Waals surface area contributed by atoms with Gasteiger partial charge in [-0.3, -0.25) is 4.90 Å². The summed E-state index contributed by atoms with van der Waals surface area (Å²) < 4.78 is 0. The van der Waals surface area contributed by atoms with Crippen LogP contribution in [0.15, 0.2) is 69.4 Å². The number of carbonyl (C=O) groups excluding carboxylic acids is 1. The summed E-state index contributed by atoms with van der Waals surface area (Å²) in [6, 6.07) is 19.2. The smallest absolute Gasteiger partial charge is 0.191 e. The van der Waals surface area contributed by atoms with E-state index in [4.69, 9.17) is 5.73 Å². The number of aliphatic imine (C=N–C) groups is 1. The summed E-state index contributed by atoms with van der Waals surface area (Å²) in [6.07, 6.45) is 3.61. The minimum absolute atomic E-state index is 0.0485. The van der Waals surface area contributed by atoms with E-state index in [1.165, 1.54) is 15.4 Å². The second kappa shape index (κ2) is 11.2. The first kappa shape index (κ1) is 22.4. The summed E-state index contributed by atoms with van der Waals surface area (Å²) in [5.41, 5.74) is 7.36. The van der Waals surface area contributed by atoms with Crippen molar-refractivity contribution in [2.24, 2.45) is 16.6 Å². The van der Waals surface area contributed by atoms with Crippen LogP contribution in [0.4, 0.5) is 0 Å². The first-order valence-electron chi connectivity index (χ1n) is 10.5. The van der Waals surface area contributed by atoms with Crippen molar-refractivity contribution >= 4 is 24.0 Å². The molecule has 2 aromatic carbocycles. The number of carbonyl (C=O) groups is 1. The predicted molar refractivity (Wildman–Crippen MR) is 125 cm³/mol. The molecule has 2 unspecified atom stereocenters. The first-order chi connectivity index (χ1) is 14.5. The SMILES string of the molecule is CN(C)C(N)=NC(CC=O)C1CCCN(Cc2cccc(Sc3ccccc3)c2)C1. The summed E-state index contributed by atoms with van der Waals surface area (Å²) >= 11 is 1.79. The summed E-state index contributed by atoms with van der Waals surface area (Å²) in [5, 5.41) is 0. The van der Waals surface area contributed by atoms with Crippen LogP contribution >= 0.6 is 11.8 Å². The standard InChI is InChI=1S/C24H32N4OS/c1-27(2)24(25)26-23(13-15-29)20-9-7-14-28(18-20)17-19-8-6-12-22(16-19)30-21-10-4-3-5-11-21/h3-6,8,10-12,15-16,20,23H,7,9,13-14,17-18H2,1-2H3,(H2,25,26). The highest BCUT2D eigenvalue weighted by Crippen LogP contribution is 2.29. The largest absolute Gasteiger partial charge is 0.370 e. The third-order valence-corrected chi connectivity index (χ3v) is 6.46. The summed E-state index contributed by atoms with van der Waals surface area (Å²) in [4.78, 5) is 22.7. The van der Waals surface area contributed by atoms with Crippen molar-refractivity contribution in [3.05, 3.63) is 60.2 Å². The maximum Gasteiger partial charge on any atom is 0.191 e. The molecule has 1 heterocycles. The van der Waals surface area contributed by atoms with Crippen LogP contribution in [0.25, 0.3) is 0 Å². The van der Waals surface area contributed by atoms with Gasteiger partial charge < -0.3 is 15.4 Å². The zero-order chi connectivity index (χ0) is 21.3. The average Bonchev–Trinajstić information content (AvgIpc) is 2.74. The van der Waals surface area contributed by atoms with Crippen LogP contribution in [0.5, 0.6) is 0 Å². The van der Waals surface area contributed by atoms with E-state index in [2.05, 4.69) is 58.4 Å². The van der Waals surface area contributed by atoms with Gasteiger partial charge in [0.25, 0.3) is 0 Å². The monoisotopic (exact) mass is 424 g/mol. The zero-order valence-electron chi connectivity index (χ0n) is 17.9. The van der Waals surface area contributed by atoms with E-state index >= 15 is 0 Å². The highest BCUT2D eigenvalue weighted by molar-refractivity contribution is 7.99. The number of hydrogen-bond acceptors (Lipinski definition) is 4. The van der Waals surface area contributed by atoms with Gasteiger partial charge in [0.05, 0.1) is 6.04 Å². The summed E-state index contributed by atoms with van der Waals surface area (Å²) in [7, 11) is 3.76. The fourth-order valence-electron chi connectivity index (χ4n) is 3.87. The lowest BCUT2D eigenvalue weighted by molar-refractivity contribution is -0.108. The second-order valence-electron chi connectivity index (χ2n) is 8.05. The highest BCUT2D eigenvalue weighted by Gasteiger charge is 2.27. The number of hydrogen-bond donors (Lipinski definition) is 1. The maximum atomic E-state index is 11.2. The number of rotatable bonds is 8. The fourth-order valence-corrected chi connectivity index (χ4v) is 4.80. The van der Waals surface area contributed by atoms with Crippen LogP contribution in [0, 0.1) is 5.92 Å². The quantitative estimate of drug-likeness (QED) is 0.396. The fraction of sp³-hybridized carbons (Fsp3) is 0.417. The number of likely N-dealkylation sites (tertiary alicyclic amines) is 1. The number of nitrogens with two attached hydrogens (primary N) is 1. The Hall–Kier alpha value is -2.31. The van der Waals surface area contributed by atoms with E-state index in [-0.39, 0.29) is 6.04 Å². The molecule has 1 fully saturated rings. The van der Waals surface area contributed by atoms with E-state index in [9.17, 15) is 4.79 Å². The topological polar surface area (TPSA) is 61.9 Å². The van der Waals surface area contributed by atoms with Gasteiger partial charge in [-0.15, -0.1) is 0 Å². The first-order valence-corrected chi connectivity index (χ1v) is 11.3. The highest BCUT2D eigenvalue weighted by atomic mass is 32.2. The Morgan fingerprint density at radius 3 is 2.73 bits per heavy atom. The van der Waals surface area contributed by atoms with E-state index in [1.807, 2.05) is 20.2 Å². The molecular weight excluding hydrogens is 392 g/mol. The number of benzene rings is 2. The van der Waals surface area contributed by atoms with Crippen molar-refractivity contribution in [1.82, 2.24) is 9.80 Å². The molecule has 2 aromatic rings. The molecule has 0 spiro atoms. The van der Waals surface area contributed by atoms with Crippen molar-refractivity contribution < 1.29 is 4.79 Å². The molecule has 0 aliphatic carbocycles. The van der Waals surface area contributed by atoms with E-state index < -0.39 is 0 Å². The molecule has 5 nitrogen and oxygen atoms in total. The minimum atomic E-state index is -0.0485. The third-order valence-electron chi connectivity index (χ3n) is 5.46. The lowest BCUT2D eigenvalue weighted by Gasteiger charge is -2.35. The molecule has 0 saturated carbocycles. The molecule has 1 aliphatic rings. The Bertz CT molecular complexity index is 840. The van der Waals surface area contributed by atoms with E-state index in [0.717, 1.165) is 38.8 Å². The van der Waals surface area contributed by atoms with Gasteiger partial charge >= 0.3 is 0 Å². The summed E-state index contributed by atoms with van der Waals surface area (Å²) in [6.45, 7) is 2.94. The molecule has 3 rings (SSSR count). The van der Waals surface area contributed by atoms with E-state index in [1.54, 1.807) is 16.7 Å². The van der Waals surface area contributed by atoms with Gasteiger partial charge in [0, 0.05) is 43.4 Å². The molecule has 2 atom stereocenters. The second-order valence-corrected chi connectivity index (χ2v) is 9.20. The van der Waals surface area contributed by atoms with Gasteiger partial charge in [-0.2, -0.15) is 0 Å². The van der Waals surface area contributed by atoms with Gasteiger partial charge in [-0.1, -0.05) is 42.1 Å². The number of guanidine groups is 1. The molecule has 2 N–H and O–H groups in total. The Labute approximate surface area is 184 Å². The Balaban J connectivity index is 1.65. The number of aldehydes is 1. The van der Waals surface area contributed by atoms with E-state index in [0.29, 0.717) is 18.3 Å². The lowest BCUT2D eigenvalue weighted by atomic mass is 9.89. The van der Waals surface area contributed by atoms with Crippen molar-refractivity contribution in [3.8, 4) is 0 Å². The molecule has 0 amide bonds. The van der Waals surface area contributed by atoms with Crippen LogP contribution in [-0.2, 0) is 11.3 Å². The van der Waals surface area contributed by atoms with Crippen molar-refractivity contribution in [3.63, 3.8) is 0 Å². The normalized spacial score (nSPS) is 18.7. The van der Waals surface area contributed by atoms with Gasteiger partial charge in [0.1, 0.15) is 6.29 Å². The van der Waals surface area contributed by atoms with Gasteiger partial charge in [-0.05, 0) is 55.1 Å². The van der Waals surface area contributed by atoms with Crippen molar-refractivity contribution in [2.75, 3.05) is 27.2 Å². The average molecular weight is 425 g/mol. The van der Waals surface area contributed by atoms with Gasteiger partial charge in [-0.25, -0.2) is 4.99 Å². The van der Waals surface area contributed by atoms with Crippen LogP contribution < -0.4 is 5.73 Å². The molecule has 160 valence electrons.